The first-order valence-corrected chi connectivity index (χ1v) is 10.1. The molecule has 0 spiro atoms. The number of carbonyl (C=O) groups excluding carboxylic acids is 3. The maximum atomic E-state index is 13.1. The van der Waals surface area contributed by atoms with Crippen LogP contribution in [0.3, 0.4) is 0 Å². The molecule has 0 saturated heterocycles. The number of carbonyl (C=O) groups is 3. The van der Waals surface area contributed by atoms with Crippen LogP contribution in [-0.2, 0) is 14.3 Å². The number of ketones is 2. The van der Waals surface area contributed by atoms with Crippen LogP contribution < -0.4 is 0 Å². The summed E-state index contributed by atoms with van der Waals surface area (Å²) in [7, 11) is 0. The molecule has 0 saturated carbocycles. The molecule has 0 bridgehead atoms. The number of non-ortho nitro benzene ring substituents is 1. The van der Waals surface area contributed by atoms with Crippen molar-refractivity contribution >= 4 is 39.9 Å². The Labute approximate surface area is 190 Å². The molecule has 0 amide bonds. The fourth-order valence-electron chi connectivity index (χ4n) is 3.11. The highest BCUT2D eigenvalue weighted by Gasteiger charge is 2.33. The lowest BCUT2D eigenvalue weighted by Crippen LogP contribution is -2.27. The molecule has 2 aromatic carbocycles. The highest BCUT2D eigenvalue weighted by atomic mass is 16.6. The number of nitrogens with zero attached hydrogens (tertiary/aromatic N) is 2. The molecule has 8 heteroatoms. The van der Waals surface area contributed by atoms with Crippen molar-refractivity contribution in [3.63, 3.8) is 0 Å². The number of nitro benzene ring substituents is 1. The molecule has 33 heavy (non-hydrogen) atoms. The Morgan fingerprint density at radius 2 is 1.64 bits per heavy atom. The molecular weight excluding hydrogens is 424 g/mol. The summed E-state index contributed by atoms with van der Waals surface area (Å²) in [5.74, 6) is -2.08. The summed E-state index contributed by atoms with van der Waals surface area (Å²) >= 11 is 0. The van der Waals surface area contributed by atoms with E-state index in [1.165, 1.54) is 31.2 Å². The first kappa shape index (κ1) is 23.5. The zero-order valence-corrected chi connectivity index (χ0v) is 18.6. The fourth-order valence-corrected chi connectivity index (χ4v) is 3.11. The molecule has 168 valence electrons. The van der Waals surface area contributed by atoms with Crippen molar-refractivity contribution in [2.24, 2.45) is 5.41 Å². The van der Waals surface area contributed by atoms with Gasteiger partial charge in [0.2, 0.25) is 0 Å². The molecule has 1 heterocycles. The van der Waals surface area contributed by atoms with Crippen molar-refractivity contribution in [2.45, 2.75) is 27.7 Å². The minimum atomic E-state index is -0.928. The van der Waals surface area contributed by atoms with E-state index in [0.29, 0.717) is 10.9 Å². The van der Waals surface area contributed by atoms with Crippen LogP contribution in [0.25, 0.3) is 16.7 Å². The van der Waals surface area contributed by atoms with E-state index >= 15 is 0 Å². The standard InChI is InChI=1S/C25H22N2O6/c1-15(28)21(23(29)25(2,3)4)22(33-24(30)16-8-6-5-7-9-16)20-12-10-17-14-18(27(31)32)11-13-19(17)26-20/h5-14H,1-4H3/b22-21-. The molecule has 0 radical (unpaired) electrons. The lowest BCUT2D eigenvalue weighted by atomic mass is 9.84. The Kier molecular flexibility index (Phi) is 6.48. The molecule has 0 N–H and O–H groups in total. The van der Waals surface area contributed by atoms with Crippen LogP contribution in [0.1, 0.15) is 43.7 Å². The maximum absolute atomic E-state index is 13.1. The monoisotopic (exact) mass is 446 g/mol. The molecule has 3 aromatic rings. The van der Waals surface area contributed by atoms with Gasteiger partial charge in [-0.15, -0.1) is 0 Å². The van der Waals surface area contributed by atoms with E-state index < -0.39 is 27.9 Å². The minimum absolute atomic E-state index is 0.0865. The van der Waals surface area contributed by atoms with Gasteiger partial charge in [0, 0.05) is 22.9 Å². The van der Waals surface area contributed by atoms with Crippen LogP contribution >= 0.6 is 0 Å². The highest BCUT2D eigenvalue weighted by molar-refractivity contribution is 6.25. The number of allylic oxidation sites excluding steroid dienone is 1. The van der Waals surface area contributed by atoms with Crippen molar-refractivity contribution in [3.8, 4) is 0 Å². The summed E-state index contributed by atoms with van der Waals surface area (Å²) in [6.45, 7) is 6.19. The molecule has 0 aliphatic carbocycles. The number of benzene rings is 2. The summed E-state index contributed by atoms with van der Waals surface area (Å²) in [5, 5.41) is 11.5. The number of aromatic nitrogens is 1. The van der Waals surface area contributed by atoms with E-state index in [-0.39, 0.29) is 28.3 Å². The summed E-state index contributed by atoms with van der Waals surface area (Å²) in [6, 6.07) is 15.3. The van der Waals surface area contributed by atoms with Crippen LogP contribution in [0.2, 0.25) is 0 Å². The van der Waals surface area contributed by atoms with Gasteiger partial charge < -0.3 is 4.74 Å². The number of nitro groups is 1. The second-order valence-electron chi connectivity index (χ2n) is 8.43. The van der Waals surface area contributed by atoms with E-state index in [2.05, 4.69) is 4.98 Å². The predicted molar refractivity (Wildman–Crippen MR) is 122 cm³/mol. The number of pyridine rings is 1. The summed E-state index contributed by atoms with van der Waals surface area (Å²) in [4.78, 5) is 53.5. The maximum Gasteiger partial charge on any atom is 0.343 e. The molecule has 0 aliphatic rings. The number of hydrogen-bond donors (Lipinski definition) is 0. The third-order valence-electron chi connectivity index (χ3n) is 4.81. The summed E-state index contributed by atoms with van der Waals surface area (Å²) in [6.07, 6.45) is 0. The Morgan fingerprint density at radius 3 is 2.21 bits per heavy atom. The van der Waals surface area contributed by atoms with Crippen LogP contribution in [-0.4, -0.2) is 27.4 Å². The molecular formula is C25H22N2O6. The third-order valence-corrected chi connectivity index (χ3v) is 4.81. The van der Waals surface area contributed by atoms with Gasteiger partial charge in [0.05, 0.1) is 16.0 Å². The summed E-state index contributed by atoms with van der Waals surface area (Å²) < 4.78 is 5.60. The van der Waals surface area contributed by atoms with Crippen LogP contribution in [0.5, 0.6) is 0 Å². The number of rotatable bonds is 6. The first-order valence-electron chi connectivity index (χ1n) is 10.1. The topological polar surface area (TPSA) is 116 Å². The number of ether oxygens (including phenoxy) is 1. The van der Waals surface area contributed by atoms with Gasteiger partial charge in [0.1, 0.15) is 11.3 Å². The average molecular weight is 446 g/mol. The normalized spacial score (nSPS) is 12.1. The zero-order chi connectivity index (χ0) is 24.3. The predicted octanol–water partition coefficient (Wildman–Crippen LogP) is 4.92. The lowest BCUT2D eigenvalue weighted by Gasteiger charge is -2.20. The second kappa shape index (κ2) is 9.12. The highest BCUT2D eigenvalue weighted by Crippen LogP contribution is 2.30. The SMILES string of the molecule is CC(=O)/C(C(=O)C(C)(C)C)=C(/OC(=O)c1ccccc1)c1ccc2cc([N+](=O)[O-])ccc2n1. The van der Waals surface area contributed by atoms with Gasteiger partial charge in [0.25, 0.3) is 5.69 Å². The number of esters is 1. The molecule has 0 aliphatic heterocycles. The van der Waals surface area contributed by atoms with Gasteiger partial charge in [-0.2, -0.15) is 0 Å². The van der Waals surface area contributed by atoms with Crippen molar-refractivity contribution in [3.05, 3.63) is 87.6 Å². The van der Waals surface area contributed by atoms with Gasteiger partial charge in [-0.3, -0.25) is 19.7 Å². The van der Waals surface area contributed by atoms with E-state index in [4.69, 9.17) is 4.74 Å². The largest absolute Gasteiger partial charge is 0.420 e. The number of Topliss-reactive ketones (excluding diaryl/α,β-unsaturated/α-hetero) is 2. The molecule has 0 atom stereocenters. The Bertz CT molecular complexity index is 1300. The minimum Gasteiger partial charge on any atom is -0.420 e. The number of hydrogen-bond acceptors (Lipinski definition) is 7. The molecule has 1 aromatic heterocycles. The van der Waals surface area contributed by atoms with Crippen molar-refractivity contribution in [1.82, 2.24) is 4.98 Å². The van der Waals surface area contributed by atoms with Gasteiger partial charge in [-0.25, -0.2) is 9.78 Å². The average Bonchev–Trinajstić information content (AvgIpc) is 2.77. The van der Waals surface area contributed by atoms with Gasteiger partial charge >= 0.3 is 5.97 Å². The van der Waals surface area contributed by atoms with Crippen LogP contribution in [0.4, 0.5) is 5.69 Å². The van der Waals surface area contributed by atoms with Crippen LogP contribution in [0.15, 0.2) is 66.2 Å². The van der Waals surface area contributed by atoms with Crippen LogP contribution in [0, 0.1) is 15.5 Å². The van der Waals surface area contributed by atoms with Crippen molar-refractivity contribution < 1.29 is 24.0 Å². The molecule has 8 nitrogen and oxygen atoms in total. The van der Waals surface area contributed by atoms with Crippen molar-refractivity contribution in [1.29, 1.82) is 0 Å². The molecule has 0 fully saturated rings. The number of fused-ring (bicyclic) bond motifs is 1. The van der Waals surface area contributed by atoms with Gasteiger partial charge in [0.15, 0.2) is 17.3 Å². The van der Waals surface area contributed by atoms with E-state index in [1.807, 2.05) is 0 Å². The second-order valence-corrected chi connectivity index (χ2v) is 8.43. The van der Waals surface area contributed by atoms with Gasteiger partial charge in [-0.1, -0.05) is 45.0 Å². The fraction of sp³-hybridized carbons (Fsp3) is 0.200. The van der Waals surface area contributed by atoms with Crippen molar-refractivity contribution in [2.75, 3.05) is 0 Å². The smallest absolute Gasteiger partial charge is 0.343 e. The van der Waals surface area contributed by atoms with E-state index in [0.717, 1.165) is 0 Å². The quantitative estimate of drug-likeness (QED) is 0.100. The zero-order valence-electron chi connectivity index (χ0n) is 18.6. The Morgan fingerprint density at radius 1 is 0.970 bits per heavy atom. The molecule has 0 unspecified atom stereocenters. The molecule has 3 rings (SSSR count). The summed E-state index contributed by atoms with van der Waals surface area (Å²) in [5.41, 5.74) is -0.613. The Balaban J connectivity index is 2.22. The Hall–Kier alpha value is -4.20. The third kappa shape index (κ3) is 5.17. The van der Waals surface area contributed by atoms with E-state index in [1.54, 1.807) is 57.2 Å². The van der Waals surface area contributed by atoms with E-state index in [9.17, 15) is 24.5 Å². The first-order chi connectivity index (χ1) is 15.5. The van der Waals surface area contributed by atoms with Gasteiger partial charge in [-0.05, 0) is 31.2 Å². The lowest BCUT2D eigenvalue weighted by molar-refractivity contribution is -0.384.